The molecule has 1 aliphatic heterocycles. The number of aliphatic hydroxyl groups excluding tert-OH is 1. The van der Waals surface area contributed by atoms with Crippen molar-refractivity contribution in [3.8, 4) is 0 Å². The van der Waals surface area contributed by atoms with E-state index >= 15 is 0 Å². The minimum atomic E-state index is -0.166. The second kappa shape index (κ2) is 6.85. The highest BCUT2D eigenvalue weighted by Gasteiger charge is 2.26. The van der Waals surface area contributed by atoms with Gasteiger partial charge in [0, 0.05) is 23.2 Å². The summed E-state index contributed by atoms with van der Waals surface area (Å²) in [6.45, 7) is 0.126. The molecule has 2 aromatic heterocycles. The molecule has 4 rings (SSSR count). The zero-order valence-corrected chi connectivity index (χ0v) is 15.0. The Morgan fingerprint density at radius 1 is 1.24 bits per heavy atom. The maximum atomic E-state index is 9.04. The molecule has 0 radical (unpaired) electrons. The first kappa shape index (κ1) is 16.1. The molecule has 6 nitrogen and oxygen atoms in total. The Hall–Kier alpha value is -2.38. The molecule has 1 aliphatic rings. The summed E-state index contributed by atoms with van der Waals surface area (Å²) in [6, 6.07) is 11.7. The second-order valence-electron chi connectivity index (χ2n) is 5.80. The Morgan fingerprint density at radius 2 is 2.08 bits per heavy atom. The average molecular weight is 401 g/mol. The largest absolute Gasteiger partial charge is 0.467 e. The number of halogens is 1. The summed E-state index contributed by atoms with van der Waals surface area (Å²) in [4.78, 5) is 4.58. The van der Waals surface area contributed by atoms with E-state index in [9.17, 15) is 0 Å². The second-order valence-corrected chi connectivity index (χ2v) is 6.71. The maximum absolute atomic E-state index is 9.04. The third-order valence-corrected chi connectivity index (χ3v) is 4.59. The zero-order valence-electron chi connectivity index (χ0n) is 13.4. The van der Waals surface area contributed by atoms with Crippen molar-refractivity contribution in [1.82, 2.24) is 14.8 Å². The van der Waals surface area contributed by atoms with Crippen LogP contribution in [0.2, 0.25) is 0 Å². The Balaban J connectivity index is 1.74. The summed E-state index contributed by atoms with van der Waals surface area (Å²) in [7, 11) is 0. The van der Waals surface area contributed by atoms with Crippen molar-refractivity contribution < 1.29 is 9.52 Å². The van der Waals surface area contributed by atoms with Crippen LogP contribution in [0.4, 0.5) is 5.95 Å². The van der Waals surface area contributed by atoms with Crippen molar-refractivity contribution in [3.05, 3.63) is 70.4 Å². The summed E-state index contributed by atoms with van der Waals surface area (Å²) in [5.41, 5.74) is 2.02. The van der Waals surface area contributed by atoms with Crippen LogP contribution >= 0.6 is 15.9 Å². The number of nitrogens with one attached hydrogen (secondary N) is 1. The molecule has 1 atom stereocenters. The minimum absolute atomic E-state index is 0.126. The van der Waals surface area contributed by atoms with Gasteiger partial charge in [0.25, 0.3) is 0 Å². The SMILES string of the molecule is OCCCc1nc2n(n1)[C@@H](c1ccco1)C=C(c1ccc(Br)cc1)N2. The van der Waals surface area contributed by atoms with Gasteiger partial charge in [-0.3, -0.25) is 0 Å². The van der Waals surface area contributed by atoms with Crippen LogP contribution in [0.15, 0.2) is 57.6 Å². The lowest BCUT2D eigenvalue weighted by molar-refractivity contribution is 0.287. The molecule has 0 bridgehead atoms. The standard InChI is InChI=1S/C18H17BrN4O2/c19-13-7-5-12(6-8-13)14-11-15(16-3-2-10-25-16)23-18(20-14)21-17(22-23)4-1-9-24/h2-3,5-8,10-11,15,24H,1,4,9H2,(H,20,21,22)/t15-/m1/s1. The Labute approximate surface area is 153 Å². The molecule has 7 heteroatoms. The monoisotopic (exact) mass is 400 g/mol. The number of aliphatic hydroxyl groups is 1. The van der Waals surface area contributed by atoms with Gasteiger partial charge in [-0.1, -0.05) is 28.1 Å². The third-order valence-electron chi connectivity index (χ3n) is 4.06. The quantitative estimate of drug-likeness (QED) is 0.683. The molecule has 3 heterocycles. The molecule has 0 saturated carbocycles. The number of anilines is 1. The number of aromatic nitrogens is 3. The highest BCUT2D eigenvalue weighted by Crippen LogP contribution is 2.33. The molecule has 0 fully saturated rings. The molecule has 2 N–H and O–H groups in total. The lowest BCUT2D eigenvalue weighted by Crippen LogP contribution is -2.19. The van der Waals surface area contributed by atoms with Crippen LogP contribution in [-0.2, 0) is 6.42 Å². The van der Waals surface area contributed by atoms with Crippen LogP contribution < -0.4 is 5.32 Å². The van der Waals surface area contributed by atoms with Crippen molar-refractivity contribution >= 4 is 27.6 Å². The van der Waals surface area contributed by atoms with Gasteiger partial charge in [0.15, 0.2) is 5.82 Å². The van der Waals surface area contributed by atoms with E-state index in [1.165, 1.54) is 0 Å². The number of aryl methyl sites for hydroxylation is 1. The Kier molecular flexibility index (Phi) is 4.42. The first-order chi connectivity index (χ1) is 12.2. The van der Waals surface area contributed by atoms with Gasteiger partial charge in [0.2, 0.25) is 5.95 Å². The first-order valence-electron chi connectivity index (χ1n) is 8.09. The number of hydrogen-bond acceptors (Lipinski definition) is 5. The average Bonchev–Trinajstić information content (AvgIpc) is 3.29. The van der Waals surface area contributed by atoms with E-state index < -0.39 is 0 Å². The summed E-state index contributed by atoms with van der Waals surface area (Å²) < 4.78 is 8.47. The van der Waals surface area contributed by atoms with E-state index in [2.05, 4.69) is 37.4 Å². The molecule has 0 spiro atoms. The van der Waals surface area contributed by atoms with Gasteiger partial charge in [-0.15, -0.1) is 0 Å². The van der Waals surface area contributed by atoms with Gasteiger partial charge in [0.1, 0.15) is 11.8 Å². The van der Waals surface area contributed by atoms with Crippen molar-refractivity contribution in [2.75, 3.05) is 11.9 Å². The van der Waals surface area contributed by atoms with E-state index in [1.54, 1.807) is 6.26 Å². The Morgan fingerprint density at radius 3 is 2.80 bits per heavy atom. The maximum Gasteiger partial charge on any atom is 0.226 e. The predicted molar refractivity (Wildman–Crippen MR) is 98.0 cm³/mol. The van der Waals surface area contributed by atoms with Gasteiger partial charge in [-0.2, -0.15) is 10.1 Å². The van der Waals surface area contributed by atoms with E-state index in [-0.39, 0.29) is 12.6 Å². The number of rotatable bonds is 5. The topological polar surface area (TPSA) is 76.1 Å². The molecular formula is C18H17BrN4O2. The highest BCUT2D eigenvalue weighted by molar-refractivity contribution is 9.10. The zero-order chi connectivity index (χ0) is 17.2. The number of hydrogen-bond donors (Lipinski definition) is 2. The van der Waals surface area contributed by atoms with Crippen molar-refractivity contribution in [3.63, 3.8) is 0 Å². The van der Waals surface area contributed by atoms with Gasteiger partial charge >= 0.3 is 0 Å². The smallest absolute Gasteiger partial charge is 0.226 e. The van der Waals surface area contributed by atoms with Gasteiger partial charge in [0.05, 0.1) is 6.26 Å². The van der Waals surface area contributed by atoms with Crippen LogP contribution in [0.5, 0.6) is 0 Å². The lowest BCUT2D eigenvalue weighted by Gasteiger charge is -2.22. The van der Waals surface area contributed by atoms with Crippen LogP contribution in [-0.4, -0.2) is 26.5 Å². The van der Waals surface area contributed by atoms with Crippen LogP contribution in [0.3, 0.4) is 0 Å². The van der Waals surface area contributed by atoms with Crippen LogP contribution in [0, 0.1) is 0 Å². The molecule has 25 heavy (non-hydrogen) atoms. The molecule has 0 unspecified atom stereocenters. The number of fused-ring (bicyclic) bond motifs is 1. The number of nitrogens with zero attached hydrogens (tertiary/aromatic N) is 3. The molecule has 128 valence electrons. The molecule has 0 amide bonds. The lowest BCUT2D eigenvalue weighted by atomic mass is 10.1. The fraction of sp³-hybridized carbons (Fsp3) is 0.222. The predicted octanol–water partition coefficient (Wildman–Crippen LogP) is 3.61. The fourth-order valence-electron chi connectivity index (χ4n) is 2.84. The van der Waals surface area contributed by atoms with Gasteiger partial charge in [-0.25, -0.2) is 4.68 Å². The van der Waals surface area contributed by atoms with Crippen LogP contribution in [0.1, 0.15) is 29.6 Å². The van der Waals surface area contributed by atoms with Gasteiger partial charge < -0.3 is 14.8 Å². The molecule has 0 aliphatic carbocycles. The molecule has 1 aromatic carbocycles. The normalized spacial score (nSPS) is 16.2. The number of benzene rings is 1. The van der Waals surface area contributed by atoms with Gasteiger partial charge in [-0.05, 0) is 42.3 Å². The van der Waals surface area contributed by atoms with E-state index in [4.69, 9.17) is 9.52 Å². The van der Waals surface area contributed by atoms with E-state index in [0.717, 1.165) is 21.5 Å². The molecular weight excluding hydrogens is 384 g/mol. The van der Waals surface area contributed by atoms with Crippen molar-refractivity contribution in [2.24, 2.45) is 0 Å². The van der Waals surface area contributed by atoms with E-state index in [0.29, 0.717) is 24.6 Å². The van der Waals surface area contributed by atoms with E-state index in [1.807, 2.05) is 41.1 Å². The summed E-state index contributed by atoms with van der Waals surface area (Å²) in [5.74, 6) is 2.18. The molecule has 0 saturated heterocycles. The molecule has 3 aromatic rings. The number of allylic oxidation sites excluding steroid dienone is 1. The Bertz CT molecular complexity index is 884. The first-order valence-corrected chi connectivity index (χ1v) is 8.88. The fourth-order valence-corrected chi connectivity index (χ4v) is 3.10. The third kappa shape index (κ3) is 3.25. The summed E-state index contributed by atoms with van der Waals surface area (Å²) >= 11 is 3.46. The van der Waals surface area contributed by atoms with Crippen molar-refractivity contribution in [2.45, 2.75) is 18.9 Å². The summed E-state index contributed by atoms with van der Waals surface area (Å²) in [6.07, 6.45) is 5.02. The van der Waals surface area contributed by atoms with Crippen molar-refractivity contribution in [1.29, 1.82) is 0 Å². The highest BCUT2D eigenvalue weighted by atomic mass is 79.9. The van der Waals surface area contributed by atoms with Crippen LogP contribution in [0.25, 0.3) is 5.70 Å². The summed E-state index contributed by atoms with van der Waals surface area (Å²) in [5, 5.41) is 17.0. The minimum Gasteiger partial charge on any atom is -0.467 e. The number of furan rings is 1.